The van der Waals surface area contributed by atoms with Crippen molar-refractivity contribution in [3.8, 4) is 44.5 Å². The van der Waals surface area contributed by atoms with Gasteiger partial charge in [-0.2, -0.15) is 0 Å². The molecule has 0 amide bonds. The molecule has 87 heavy (non-hydrogen) atoms. The Morgan fingerprint density at radius 3 is 1.00 bits per heavy atom. The molecule has 0 saturated carbocycles. The molecule has 0 atom stereocenters. The molecule has 0 saturated heterocycles. The smallest absolute Gasteiger partial charge is 0.0540 e. The predicted octanol–water partition coefficient (Wildman–Crippen LogP) is 23.4. The fraction of sp³-hybridized carbons (Fsp3) is 0.224. The highest BCUT2D eigenvalue weighted by atomic mass is 15.2. The highest BCUT2D eigenvalue weighted by Crippen LogP contribution is 2.64. The van der Waals surface area contributed by atoms with Crippen molar-refractivity contribution in [1.29, 1.82) is 0 Å². The quantitative estimate of drug-likeness (QED) is 0.157. The Morgan fingerprint density at radius 1 is 0.264 bits per heavy atom. The van der Waals surface area contributed by atoms with Gasteiger partial charge in [-0.3, -0.25) is 0 Å². The van der Waals surface area contributed by atoms with Crippen LogP contribution in [0.3, 0.4) is 0 Å². The molecule has 11 aromatic carbocycles. The highest BCUT2D eigenvalue weighted by molar-refractivity contribution is 6.02. The van der Waals surface area contributed by atoms with Crippen LogP contribution < -0.4 is 9.80 Å². The van der Waals surface area contributed by atoms with Gasteiger partial charge >= 0.3 is 0 Å². The summed E-state index contributed by atoms with van der Waals surface area (Å²) in [6, 6.07) is 94.0. The Kier molecular flexibility index (Phi) is 13.4. The van der Waals surface area contributed by atoms with E-state index in [2.05, 4.69) is 336 Å². The molecule has 0 bridgehead atoms. The highest BCUT2D eigenvalue weighted by Gasteiger charge is 2.44. The van der Waals surface area contributed by atoms with Gasteiger partial charge in [0.15, 0.2) is 0 Å². The fourth-order valence-corrected chi connectivity index (χ4v) is 14.2. The zero-order valence-electron chi connectivity index (χ0n) is 52.9. The van der Waals surface area contributed by atoms with E-state index >= 15 is 0 Å². The van der Waals surface area contributed by atoms with E-state index in [4.69, 9.17) is 0 Å². The van der Waals surface area contributed by atoms with Gasteiger partial charge in [-0.1, -0.05) is 265 Å². The summed E-state index contributed by atoms with van der Waals surface area (Å²) in [4.78, 5) is 5.35. The molecule has 0 aromatic heterocycles. The molecule has 2 nitrogen and oxygen atoms in total. The number of hydrogen-bond donors (Lipinski definition) is 0. The lowest BCUT2D eigenvalue weighted by Crippen LogP contribution is -2.30. The minimum absolute atomic E-state index is 0.0248. The molecule has 0 N–H and O–H groups in total. The van der Waals surface area contributed by atoms with Crippen LogP contribution in [0.5, 0.6) is 0 Å². The summed E-state index contributed by atoms with van der Waals surface area (Å²) in [5.41, 5.74) is 32.5. The number of hydrogen-bond acceptors (Lipinski definition) is 2. The van der Waals surface area contributed by atoms with Gasteiger partial charge in [0.2, 0.25) is 0 Å². The second kappa shape index (κ2) is 20.9. The molecule has 3 aliphatic rings. The van der Waals surface area contributed by atoms with Crippen molar-refractivity contribution < 1.29 is 0 Å². The predicted molar refractivity (Wildman–Crippen MR) is 370 cm³/mol. The van der Waals surface area contributed by atoms with Gasteiger partial charge in [-0.15, -0.1) is 0 Å². The van der Waals surface area contributed by atoms with Gasteiger partial charge in [-0.05, 0) is 183 Å². The van der Waals surface area contributed by atoms with Crippen molar-refractivity contribution in [1.82, 2.24) is 0 Å². The summed E-state index contributed by atoms with van der Waals surface area (Å²) >= 11 is 0. The van der Waals surface area contributed by atoms with E-state index in [1.807, 2.05) is 0 Å². The molecule has 2 heteroatoms. The Labute approximate surface area is 517 Å². The van der Waals surface area contributed by atoms with Crippen LogP contribution in [0.4, 0.5) is 34.1 Å². The monoisotopic (exact) mass is 1130 g/mol. The minimum atomic E-state index is -0.155. The van der Waals surface area contributed by atoms with Crippen LogP contribution in [-0.4, -0.2) is 0 Å². The summed E-state index contributed by atoms with van der Waals surface area (Å²) in [6.07, 6.45) is 0.908. The van der Waals surface area contributed by atoms with Gasteiger partial charge in [0, 0.05) is 28.5 Å². The fourth-order valence-electron chi connectivity index (χ4n) is 14.2. The summed E-state index contributed by atoms with van der Waals surface area (Å²) in [7, 11) is 0. The van der Waals surface area contributed by atoms with Gasteiger partial charge in [0.25, 0.3) is 0 Å². The van der Waals surface area contributed by atoms with Crippen molar-refractivity contribution in [2.75, 3.05) is 9.80 Å². The van der Waals surface area contributed by atoms with Crippen molar-refractivity contribution in [3.05, 3.63) is 309 Å². The van der Waals surface area contributed by atoms with Crippen LogP contribution in [-0.2, 0) is 28.1 Å². The van der Waals surface area contributed by atoms with Gasteiger partial charge in [0.1, 0.15) is 0 Å². The molecule has 0 radical (unpaired) electrons. The van der Waals surface area contributed by atoms with Crippen LogP contribution >= 0.6 is 0 Å². The first kappa shape index (κ1) is 55.9. The molecule has 11 aromatic rings. The molecule has 0 unspecified atom stereocenters. The molecular weight excluding hydrogens is 1050 g/mol. The maximum atomic E-state index is 2.68. The number of nitrogens with zero attached hydrogens (tertiary/aromatic N) is 2. The second-order valence-corrected chi connectivity index (χ2v) is 29.0. The Bertz CT molecular complexity index is 4160. The third-order valence-corrected chi connectivity index (χ3v) is 19.1. The third-order valence-electron chi connectivity index (χ3n) is 19.1. The molecular formula is C85H80N2. The number of anilines is 6. The van der Waals surface area contributed by atoms with Crippen molar-refractivity contribution in [2.45, 2.75) is 123 Å². The minimum Gasteiger partial charge on any atom is -0.309 e. The van der Waals surface area contributed by atoms with Crippen LogP contribution in [0.1, 0.15) is 162 Å². The largest absolute Gasteiger partial charge is 0.309 e. The average Bonchev–Trinajstić information content (AvgIpc) is 0.732. The van der Waals surface area contributed by atoms with Crippen LogP contribution in [0.25, 0.3) is 44.5 Å². The number of benzene rings is 11. The molecule has 14 rings (SSSR count). The Morgan fingerprint density at radius 2 is 0.609 bits per heavy atom. The Balaban J connectivity index is 1.14. The lowest BCUT2D eigenvalue weighted by Gasteiger charge is -2.47. The van der Waals surface area contributed by atoms with Gasteiger partial charge in [0.05, 0.1) is 34.1 Å². The summed E-state index contributed by atoms with van der Waals surface area (Å²) in [6.45, 7) is 27.8. The molecule has 2 heterocycles. The van der Waals surface area contributed by atoms with E-state index < -0.39 is 0 Å². The second-order valence-electron chi connectivity index (χ2n) is 29.0. The summed E-state index contributed by atoms with van der Waals surface area (Å²) < 4.78 is 0. The van der Waals surface area contributed by atoms with Crippen LogP contribution in [0.2, 0.25) is 0 Å². The Hall–Kier alpha value is -8.98. The number of rotatable bonds is 7. The lowest BCUT2D eigenvalue weighted by atomic mass is 9.71. The summed E-state index contributed by atoms with van der Waals surface area (Å²) in [5, 5.41) is 0. The van der Waals surface area contributed by atoms with Crippen molar-refractivity contribution >= 4 is 34.1 Å². The molecule has 0 spiro atoms. The average molecular weight is 1130 g/mol. The molecule has 0 fully saturated rings. The summed E-state index contributed by atoms with van der Waals surface area (Å²) in [5.74, 6) is -0.179. The maximum absolute atomic E-state index is 2.68. The first-order valence-electron chi connectivity index (χ1n) is 31.5. The van der Waals surface area contributed by atoms with Crippen LogP contribution in [0.15, 0.2) is 243 Å². The standard InChI is InChI=1S/C85H80N2/c1-82(2,3)63-37-31-54(32-38-63)58-35-43-75-71(48-58)80-72-49-59(55-33-39-64(40-34-55)83(4,5)6)36-44-76(72)87(74-46-42-66(85(10,11)12)53-70(74)57-25-17-14-18-26-57)78-51-62(79-67-29-21-19-27-60(67)47-61-28-20-22-30-68(61)79)50-77(81(78)80)86(75)73-45-41-65(84(7,8)9)52-69(73)56-23-15-13-16-24-56/h13-46,48-53,79-80H,47H2,1-12H3. The van der Waals surface area contributed by atoms with E-state index in [-0.39, 0.29) is 33.5 Å². The number of fused-ring (bicyclic) bond motifs is 6. The van der Waals surface area contributed by atoms with E-state index in [9.17, 15) is 0 Å². The maximum Gasteiger partial charge on any atom is 0.0540 e. The first-order chi connectivity index (χ1) is 41.7. The van der Waals surface area contributed by atoms with Gasteiger partial charge < -0.3 is 9.80 Å². The molecule has 430 valence electrons. The van der Waals surface area contributed by atoms with Gasteiger partial charge in [-0.25, -0.2) is 0 Å². The van der Waals surface area contributed by atoms with E-state index in [1.165, 1.54) is 134 Å². The zero-order valence-corrected chi connectivity index (χ0v) is 52.9. The normalized spacial score (nSPS) is 14.0. The lowest BCUT2D eigenvalue weighted by molar-refractivity contribution is 0.590. The molecule has 2 aliphatic heterocycles. The van der Waals surface area contributed by atoms with Crippen molar-refractivity contribution in [2.24, 2.45) is 0 Å². The first-order valence-corrected chi connectivity index (χ1v) is 31.5. The van der Waals surface area contributed by atoms with E-state index in [0.717, 1.165) is 17.8 Å². The van der Waals surface area contributed by atoms with Crippen molar-refractivity contribution in [3.63, 3.8) is 0 Å². The van der Waals surface area contributed by atoms with E-state index in [0.29, 0.717) is 0 Å². The topological polar surface area (TPSA) is 6.48 Å². The SMILES string of the molecule is CC(C)(C)c1ccc(-c2ccc3c(c2)C2c4cc(-c5ccc(C(C)(C)C)cc5)ccc4N(c4ccc(C(C)(C)C)cc4-c4ccccc4)c4cc(C5c6ccccc6Cc6ccccc65)cc(c42)N3c2ccc(C(C)(C)C)cc2-c2ccccc2)cc1. The third kappa shape index (κ3) is 9.92. The van der Waals surface area contributed by atoms with Crippen LogP contribution in [0, 0.1) is 0 Å². The van der Waals surface area contributed by atoms with E-state index in [1.54, 1.807) is 0 Å². The zero-order chi connectivity index (χ0) is 60.3. The molecule has 1 aliphatic carbocycles.